The van der Waals surface area contributed by atoms with Crippen molar-refractivity contribution in [2.45, 2.75) is 38.2 Å². The van der Waals surface area contributed by atoms with Gasteiger partial charge in [-0.25, -0.2) is 0 Å². The molecule has 0 aliphatic carbocycles. The third-order valence-electron chi connectivity index (χ3n) is 3.84. The number of likely N-dealkylation sites (tertiary alicyclic amines) is 1. The van der Waals surface area contributed by atoms with E-state index in [1.807, 2.05) is 6.92 Å². The van der Waals surface area contributed by atoms with Crippen molar-refractivity contribution in [3.63, 3.8) is 0 Å². The molecule has 0 amide bonds. The summed E-state index contributed by atoms with van der Waals surface area (Å²) >= 11 is 0. The van der Waals surface area contributed by atoms with Crippen molar-refractivity contribution < 1.29 is 5.11 Å². The predicted octanol–water partition coefficient (Wildman–Crippen LogP) is 2.94. The molecule has 1 aromatic rings. The van der Waals surface area contributed by atoms with Crippen LogP contribution in [0.25, 0.3) is 0 Å². The van der Waals surface area contributed by atoms with Crippen LogP contribution in [0, 0.1) is 0 Å². The monoisotopic (exact) mass is 233 g/mol. The molecule has 0 spiro atoms. The van der Waals surface area contributed by atoms with Crippen LogP contribution < -0.4 is 0 Å². The first kappa shape index (κ1) is 12.6. The van der Waals surface area contributed by atoms with E-state index in [-0.39, 0.29) is 6.10 Å². The van der Waals surface area contributed by atoms with E-state index in [1.54, 1.807) is 0 Å². The summed E-state index contributed by atoms with van der Waals surface area (Å²) in [4.78, 5) is 2.42. The van der Waals surface area contributed by atoms with E-state index in [0.29, 0.717) is 5.92 Å². The van der Waals surface area contributed by atoms with Crippen molar-refractivity contribution in [3.8, 4) is 0 Å². The lowest BCUT2D eigenvalue weighted by atomic mass is 9.91. The zero-order chi connectivity index (χ0) is 12.3. The van der Waals surface area contributed by atoms with E-state index in [9.17, 15) is 5.11 Å². The first-order chi connectivity index (χ1) is 8.16. The Labute approximate surface area is 104 Å². The third kappa shape index (κ3) is 3.30. The number of aliphatic hydroxyl groups is 1. The highest BCUT2D eigenvalue weighted by atomic mass is 16.3. The van der Waals surface area contributed by atoms with E-state index >= 15 is 0 Å². The number of benzene rings is 1. The van der Waals surface area contributed by atoms with E-state index < -0.39 is 0 Å². The number of nitrogens with zero attached hydrogens (tertiary/aromatic N) is 1. The Bertz CT molecular complexity index is 344. The molecule has 2 nitrogen and oxygen atoms in total. The van der Waals surface area contributed by atoms with Gasteiger partial charge in [-0.1, -0.05) is 24.3 Å². The smallest absolute Gasteiger partial charge is 0.0761 e. The lowest BCUT2D eigenvalue weighted by molar-refractivity contribution is 0.199. The minimum Gasteiger partial charge on any atom is -0.389 e. The average Bonchev–Trinajstić information content (AvgIpc) is 2.54. The highest BCUT2D eigenvalue weighted by Gasteiger charge is 2.16. The van der Waals surface area contributed by atoms with Crippen LogP contribution in [0.4, 0.5) is 0 Å². The van der Waals surface area contributed by atoms with Gasteiger partial charge in [0.1, 0.15) is 0 Å². The van der Waals surface area contributed by atoms with Gasteiger partial charge in [-0.2, -0.15) is 0 Å². The molecule has 2 atom stereocenters. The first-order valence-corrected chi connectivity index (χ1v) is 6.63. The fraction of sp³-hybridized carbons (Fsp3) is 0.600. The second-order valence-electron chi connectivity index (χ2n) is 5.27. The Morgan fingerprint density at radius 3 is 2.53 bits per heavy atom. The van der Waals surface area contributed by atoms with Crippen LogP contribution in [0.3, 0.4) is 0 Å². The van der Waals surface area contributed by atoms with Crippen molar-refractivity contribution >= 4 is 0 Å². The number of hydrogen-bond acceptors (Lipinski definition) is 2. The average molecular weight is 233 g/mol. The van der Waals surface area contributed by atoms with Gasteiger partial charge in [0, 0.05) is 0 Å². The molecule has 0 radical (unpaired) electrons. The van der Waals surface area contributed by atoms with Gasteiger partial charge in [-0.15, -0.1) is 0 Å². The third-order valence-corrected chi connectivity index (χ3v) is 3.84. The zero-order valence-corrected chi connectivity index (χ0v) is 10.9. The fourth-order valence-corrected chi connectivity index (χ4v) is 2.62. The SMILES string of the molecule is CC(O)c1ccc(C2CCCN(C)CC2)cc1. The molecular formula is C15H23NO. The molecule has 1 fully saturated rings. The lowest BCUT2D eigenvalue weighted by Crippen LogP contribution is -2.18. The maximum absolute atomic E-state index is 9.50. The highest BCUT2D eigenvalue weighted by molar-refractivity contribution is 5.26. The standard InChI is InChI=1S/C15H23NO/c1-12(17)13-5-7-15(8-6-13)14-4-3-10-16(2)11-9-14/h5-8,12,14,17H,3-4,9-11H2,1-2H3. The Morgan fingerprint density at radius 1 is 1.18 bits per heavy atom. The van der Waals surface area contributed by atoms with E-state index in [2.05, 4.69) is 36.2 Å². The number of aliphatic hydroxyl groups excluding tert-OH is 1. The molecule has 0 saturated carbocycles. The Balaban J connectivity index is 2.06. The zero-order valence-electron chi connectivity index (χ0n) is 10.9. The molecule has 17 heavy (non-hydrogen) atoms. The van der Waals surface area contributed by atoms with Gasteiger partial charge in [-0.3, -0.25) is 0 Å². The van der Waals surface area contributed by atoms with E-state index in [4.69, 9.17) is 0 Å². The van der Waals surface area contributed by atoms with Gasteiger partial charge >= 0.3 is 0 Å². The van der Waals surface area contributed by atoms with E-state index in [0.717, 1.165) is 5.56 Å². The molecule has 0 aromatic heterocycles. The molecule has 2 rings (SSSR count). The largest absolute Gasteiger partial charge is 0.389 e. The molecular weight excluding hydrogens is 210 g/mol. The Hall–Kier alpha value is -0.860. The summed E-state index contributed by atoms with van der Waals surface area (Å²) < 4.78 is 0. The Morgan fingerprint density at radius 2 is 1.88 bits per heavy atom. The summed E-state index contributed by atoms with van der Waals surface area (Å²) in [5.41, 5.74) is 2.45. The number of hydrogen-bond donors (Lipinski definition) is 1. The number of rotatable bonds is 2. The molecule has 1 aliphatic rings. The maximum atomic E-state index is 9.50. The molecule has 1 aliphatic heterocycles. The molecule has 0 bridgehead atoms. The summed E-state index contributed by atoms with van der Waals surface area (Å²) in [6, 6.07) is 8.51. The van der Waals surface area contributed by atoms with Crippen molar-refractivity contribution in [1.82, 2.24) is 4.90 Å². The quantitative estimate of drug-likeness (QED) is 0.849. The summed E-state index contributed by atoms with van der Waals surface area (Å²) in [6.07, 6.45) is 3.48. The topological polar surface area (TPSA) is 23.5 Å². The van der Waals surface area contributed by atoms with Crippen molar-refractivity contribution in [2.75, 3.05) is 20.1 Å². The van der Waals surface area contributed by atoms with Gasteiger partial charge in [0.2, 0.25) is 0 Å². The van der Waals surface area contributed by atoms with Crippen LogP contribution in [0.5, 0.6) is 0 Å². The minimum absolute atomic E-state index is 0.357. The Kier molecular flexibility index (Phi) is 4.19. The van der Waals surface area contributed by atoms with Crippen LogP contribution in [0.1, 0.15) is 49.3 Å². The van der Waals surface area contributed by atoms with Gasteiger partial charge in [0.15, 0.2) is 0 Å². The summed E-state index contributed by atoms with van der Waals surface area (Å²) in [5, 5.41) is 9.50. The summed E-state index contributed by atoms with van der Waals surface area (Å²) in [7, 11) is 2.21. The van der Waals surface area contributed by atoms with Crippen LogP contribution in [0.2, 0.25) is 0 Å². The molecule has 1 heterocycles. The van der Waals surface area contributed by atoms with Crippen LogP contribution in [-0.4, -0.2) is 30.1 Å². The van der Waals surface area contributed by atoms with Gasteiger partial charge in [0.05, 0.1) is 6.10 Å². The second-order valence-corrected chi connectivity index (χ2v) is 5.27. The van der Waals surface area contributed by atoms with Crippen molar-refractivity contribution in [1.29, 1.82) is 0 Å². The van der Waals surface area contributed by atoms with Gasteiger partial charge in [-0.05, 0) is 63.4 Å². The molecule has 2 unspecified atom stereocenters. The molecule has 1 saturated heterocycles. The van der Waals surface area contributed by atoms with Crippen LogP contribution in [-0.2, 0) is 0 Å². The molecule has 94 valence electrons. The van der Waals surface area contributed by atoms with Crippen molar-refractivity contribution in [3.05, 3.63) is 35.4 Å². The van der Waals surface area contributed by atoms with E-state index in [1.165, 1.54) is 37.9 Å². The lowest BCUT2D eigenvalue weighted by Gasteiger charge is -2.16. The first-order valence-electron chi connectivity index (χ1n) is 6.63. The van der Waals surface area contributed by atoms with Gasteiger partial charge < -0.3 is 10.0 Å². The summed E-state index contributed by atoms with van der Waals surface area (Å²) in [5.74, 6) is 0.697. The second kappa shape index (κ2) is 5.65. The van der Waals surface area contributed by atoms with Crippen molar-refractivity contribution in [2.24, 2.45) is 0 Å². The molecule has 1 aromatic carbocycles. The molecule has 2 heteroatoms. The predicted molar refractivity (Wildman–Crippen MR) is 71.2 cm³/mol. The maximum Gasteiger partial charge on any atom is 0.0761 e. The van der Waals surface area contributed by atoms with Crippen LogP contribution in [0.15, 0.2) is 24.3 Å². The fourth-order valence-electron chi connectivity index (χ4n) is 2.62. The summed E-state index contributed by atoms with van der Waals surface area (Å²) in [6.45, 7) is 4.24. The normalized spacial score (nSPS) is 24.3. The minimum atomic E-state index is -0.357. The van der Waals surface area contributed by atoms with Gasteiger partial charge in [0.25, 0.3) is 0 Å². The van der Waals surface area contributed by atoms with Crippen LogP contribution >= 0.6 is 0 Å². The highest BCUT2D eigenvalue weighted by Crippen LogP contribution is 2.28. The molecule has 1 N–H and O–H groups in total.